The van der Waals surface area contributed by atoms with E-state index in [9.17, 15) is 14.0 Å². The molecule has 1 saturated heterocycles. The van der Waals surface area contributed by atoms with E-state index in [0.29, 0.717) is 61.2 Å². The van der Waals surface area contributed by atoms with Gasteiger partial charge in [-0.2, -0.15) is 5.26 Å². The molecule has 0 radical (unpaired) electrons. The van der Waals surface area contributed by atoms with Crippen LogP contribution in [0.1, 0.15) is 12.0 Å². The monoisotopic (exact) mass is 444 g/mol. The van der Waals surface area contributed by atoms with Crippen molar-refractivity contribution in [3.63, 3.8) is 0 Å². The number of carbonyl (C=O) groups excluding carboxylic acids is 2. The molecule has 0 saturated carbocycles. The van der Waals surface area contributed by atoms with Gasteiger partial charge in [-0.25, -0.2) is 4.39 Å². The van der Waals surface area contributed by atoms with Crippen LogP contribution in [0.5, 0.6) is 5.75 Å². The van der Waals surface area contributed by atoms with Crippen molar-refractivity contribution in [3.05, 3.63) is 58.9 Å². The maximum Gasteiger partial charge on any atom is 0.260 e. The van der Waals surface area contributed by atoms with Crippen molar-refractivity contribution in [3.8, 4) is 11.8 Å². The first-order valence-electron chi connectivity index (χ1n) is 9.82. The molecule has 2 aromatic carbocycles. The van der Waals surface area contributed by atoms with Crippen LogP contribution < -0.4 is 10.1 Å². The number of ether oxygens (including phenoxy) is 1. The maximum atomic E-state index is 12.9. The van der Waals surface area contributed by atoms with Gasteiger partial charge in [-0.05, 0) is 42.5 Å². The fraction of sp³-hybridized carbons (Fsp3) is 0.318. The molecule has 1 heterocycles. The molecule has 0 aromatic heterocycles. The van der Waals surface area contributed by atoms with Gasteiger partial charge >= 0.3 is 0 Å². The zero-order chi connectivity index (χ0) is 22.2. The molecular weight excluding hydrogens is 423 g/mol. The highest BCUT2D eigenvalue weighted by atomic mass is 35.5. The second-order valence-electron chi connectivity index (χ2n) is 7.07. The topological polar surface area (TPSA) is 85.7 Å². The molecule has 1 N–H and O–H groups in total. The minimum atomic E-state index is -0.357. The molecule has 0 aliphatic carbocycles. The van der Waals surface area contributed by atoms with Crippen molar-refractivity contribution >= 4 is 29.1 Å². The number of nitrogens with one attached hydrogen (secondary N) is 1. The van der Waals surface area contributed by atoms with E-state index in [0.717, 1.165) is 0 Å². The van der Waals surface area contributed by atoms with Gasteiger partial charge in [-0.3, -0.25) is 14.5 Å². The minimum Gasteiger partial charge on any atom is -0.484 e. The molecule has 1 aliphatic rings. The SMILES string of the molecule is N#Cc1ccc(NC(=O)CCN2CCN(C(=O)COc3ccc(F)cc3)CC2)cc1Cl. The van der Waals surface area contributed by atoms with Gasteiger partial charge in [0.1, 0.15) is 17.6 Å². The number of halogens is 2. The van der Waals surface area contributed by atoms with Crippen LogP contribution in [0, 0.1) is 17.1 Å². The lowest BCUT2D eigenvalue weighted by Crippen LogP contribution is -2.50. The molecule has 31 heavy (non-hydrogen) atoms. The minimum absolute atomic E-state index is 0.0960. The summed E-state index contributed by atoms with van der Waals surface area (Å²) >= 11 is 5.98. The molecule has 0 unspecified atom stereocenters. The van der Waals surface area contributed by atoms with Crippen LogP contribution in [0.3, 0.4) is 0 Å². The van der Waals surface area contributed by atoms with E-state index in [-0.39, 0.29) is 24.2 Å². The predicted octanol–water partition coefficient (Wildman–Crippen LogP) is 2.90. The number of rotatable bonds is 7. The van der Waals surface area contributed by atoms with Crippen molar-refractivity contribution < 1.29 is 18.7 Å². The maximum absolute atomic E-state index is 12.9. The molecule has 1 aliphatic heterocycles. The summed E-state index contributed by atoms with van der Waals surface area (Å²) in [6.07, 6.45) is 0.305. The summed E-state index contributed by atoms with van der Waals surface area (Å²) in [5.74, 6) is -0.182. The van der Waals surface area contributed by atoms with E-state index >= 15 is 0 Å². The van der Waals surface area contributed by atoms with Gasteiger partial charge < -0.3 is 15.0 Å². The summed E-state index contributed by atoms with van der Waals surface area (Å²) in [4.78, 5) is 28.3. The van der Waals surface area contributed by atoms with Gasteiger partial charge in [-0.1, -0.05) is 11.6 Å². The van der Waals surface area contributed by atoms with Crippen molar-refractivity contribution in [2.24, 2.45) is 0 Å². The van der Waals surface area contributed by atoms with Gasteiger partial charge in [0, 0.05) is 44.8 Å². The van der Waals surface area contributed by atoms with Crippen molar-refractivity contribution in [2.75, 3.05) is 44.6 Å². The predicted molar refractivity (Wildman–Crippen MR) is 114 cm³/mol. The van der Waals surface area contributed by atoms with Crippen LogP contribution in [0.2, 0.25) is 5.02 Å². The first-order chi connectivity index (χ1) is 14.9. The third kappa shape index (κ3) is 6.67. The molecule has 1 fully saturated rings. The Balaban J connectivity index is 1.36. The van der Waals surface area contributed by atoms with E-state index in [1.54, 1.807) is 23.1 Å². The van der Waals surface area contributed by atoms with Gasteiger partial charge in [0.25, 0.3) is 5.91 Å². The fourth-order valence-electron chi connectivity index (χ4n) is 3.15. The average molecular weight is 445 g/mol. The van der Waals surface area contributed by atoms with E-state index in [1.165, 1.54) is 24.3 Å². The number of piperazine rings is 1. The zero-order valence-electron chi connectivity index (χ0n) is 16.8. The number of benzene rings is 2. The van der Waals surface area contributed by atoms with E-state index in [4.69, 9.17) is 21.6 Å². The highest BCUT2D eigenvalue weighted by molar-refractivity contribution is 6.32. The second-order valence-corrected chi connectivity index (χ2v) is 7.48. The first-order valence-corrected chi connectivity index (χ1v) is 10.2. The third-order valence-corrected chi connectivity index (χ3v) is 5.24. The van der Waals surface area contributed by atoms with Crippen LogP contribution in [0.25, 0.3) is 0 Å². The Hall–Kier alpha value is -3.15. The van der Waals surface area contributed by atoms with Gasteiger partial charge in [-0.15, -0.1) is 0 Å². The Morgan fingerprint density at radius 3 is 2.48 bits per heavy atom. The molecule has 9 heteroatoms. The summed E-state index contributed by atoms with van der Waals surface area (Å²) in [7, 11) is 0. The zero-order valence-corrected chi connectivity index (χ0v) is 17.6. The summed E-state index contributed by atoms with van der Waals surface area (Å²) in [6.45, 7) is 2.92. The largest absolute Gasteiger partial charge is 0.484 e. The molecule has 2 amide bonds. The van der Waals surface area contributed by atoms with Crippen LogP contribution in [0.4, 0.5) is 10.1 Å². The number of nitriles is 1. The number of nitrogens with zero attached hydrogens (tertiary/aromatic N) is 3. The standard InChI is InChI=1S/C22H22ClFN4O3/c23-20-13-18(4-1-16(20)14-25)26-21(29)7-8-27-9-11-28(12-10-27)22(30)15-31-19-5-2-17(24)3-6-19/h1-6,13H,7-12,15H2,(H,26,29). The molecule has 2 aromatic rings. The highest BCUT2D eigenvalue weighted by Gasteiger charge is 2.21. The average Bonchev–Trinajstić information content (AvgIpc) is 2.77. The molecule has 0 spiro atoms. The molecule has 0 bridgehead atoms. The van der Waals surface area contributed by atoms with Crippen molar-refractivity contribution in [1.29, 1.82) is 5.26 Å². The molecule has 0 atom stereocenters. The molecule has 162 valence electrons. The summed E-state index contributed by atoms with van der Waals surface area (Å²) in [6, 6.07) is 12.3. The lowest BCUT2D eigenvalue weighted by atomic mass is 10.2. The van der Waals surface area contributed by atoms with Crippen molar-refractivity contribution in [2.45, 2.75) is 6.42 Å². The normalized spacial score (nSPS) is 14.0. The Morgan fingerprint density at radius 2 is 1.84 bits per heavy atom. The Labute approximate surface area is 184 Å². The molecule has 7 nitrogen and oxygen atoms in total. The number of carbonyl (C=O) groups is 2. The Bertz CT molecular complexity index is 970. The smallest absolute Gasteiger partial charge is 0.260 e. The number of amides is 2. The summed E-state index contributed by atoms with van der Waals surface area (Å²) in [5, 5.41) is 12.0. The highest BCUT2D eigenvalue weighted by Crippen LogP contribution is 2.20. The van der Waals surface area contributed by atoms with Crippen LogP contribution in [-0.2, 0) is 9.59 Å². The molecule has 3 rings (SSSR count). The summed E-state index contributed by atoms with van der Waals surface area (Å²) < 4.78 is 18.3. The summed E-state index contributed by atoms with van der Waals surface area (Å²) in [5.41, 5.74) is 0.903. The Kier molecular flexibility index (Phi) is 7.82. The first kappa shape index (κ1) is 22.5. The lowest BCUT2D eigenvalue weighted by Gasteiger charge is -2.34. The third-order valence-electron chi connectivity index (χ3n) is 4.93. The number of hydrogen-bond donors (Lipinski definition) is 1. The van der Waals surface area contributed by atoms with E-state index in [1.807, 2.05) is 6.07 Å². The van der Waals surface area contributed by atoms with Gasteiger partial charge in [0.05, 0.1) is 10.6 Å². The lowest BCUT2D eigenvalue weighted by molar-refractivity contribution is -0.135. The van der Waals surface area contributed by atoms with Crippen LogP contribution >= 0.6 is 11.6 Å². The van der Waals surface area contributed by atoms with Gasteiger partial charge in [0.15, 0.2) is 6.61 Å². The van der Waals surface area contributed by atoms with Gasteiger partial charge in [0.2, 0.25) is 5.91 Å². The van der Waals surface area contributed by atoms with E-state index < -0.39 is 0 Å². The van der Waals surface area contributed by atoms with Crippen molar-refractivity contribution in [1.82, 2.24) is 9.80 Å². The number of anilines is 1. The van der Waals surface area contributed by atoms with Crippen LogP contribution in [0.15, 0.2) is 42.5 Å². The van der Waals surface area contributed by atoms with Crippen LogP contribution in [-0.4, -0.2) is 60.9 Å². The molecular formula is C22H22ClFN4O3. The fourth-order valence-corrected chi connectivity index (χ4v) is 3.38. The van der Waals surface area contributed by atoms with E-state index in [2.05, 4.69) is 10.2 Å². The second kappa shape index (κ2) is 10.8. The number of hydrogen-bond acceptors (Lipinski definition) is 5. The quantitative estimate of drug-likeness (QED) is 0.709. The Morgan fingerprint density at radius 1 is 1.13 bits per heavy atom.